The second kappa shape index (κ2) is 11.7. The molecule has 0 aliphatic carbocycles. The Labute approximate surface area is 219 Å². The van der Waals surface area contributed by atoms with E-state index in [4.69, 9.17) is 10.7 Å². The lowest BCUT2D eigenvalue weighted by atomic mass is 10.1. The predicted octanol–water partition coefficient (Wildman–Crippen LogP) is 7.03. The SMILES string of the molecule is CCC(C)=Nc1ccccc1C.Cc1ccc(-c2nc3cc(CN)ccn3c2-c2ccnc(C)n2)cc1. The summed E-state index contributed by atoms with van der Waals surface area (Å²) in [5.41, 5.74) is 16.2. The van der Waals surface area contributed by atoms with Gasteiger partial charge in [-0.05, 0) is 69.5 Å². The number of hydrogen-bond acceptors (Lipinski definition) is 5. The highest BCUT2D eigenvalue weighted by Crippen LogP contribution is 2.32. The maximum Gasteiger partial charge on any atom is 0.138 e. The summed E-state index contributed by atoms with van der Waals surface area (Å²) in [5, 5.41) is 0. The molecule has 0 spiro atoms. The molecule has 0 unspecified atom stereocenters. The van der Waals surface area contributed by atoms with Crippen molar-refractivity contribution in [3.8, 4) is 22.6 Å². The summed E-state index contributed by atoms with van der Waals surface area (Å²) in [6.45, 7) is 10.7. The second-order valence-electron chi connectivity index (χ2n) is 9.12. The van der Waals surface area contributed by atoms with Crippen molar-refractivity contribution in [1.29, 1.82) is 0 Å². The van der Waals surface area contributed by atoms with E-state index in [-0.39, 0.29) is 0 Å². The zero-order valence-electron chi connectivity index (χ0n) is 22.2. The molecule has 0 aliphatic rings. The van der Waals surface area contributed by atoms with Crippen LogP contribution in [0.25, 0.3) is 28.3 Å². The molecule has 37 heavy (non-hydrogen) atoms. The molecule has 3 aromatic heterocycles. The highest BCUT2D eigenvalue weighted by atomic mass is 15.0. The number of rotatable bonds is 5. The Morgan fingerprint density at radius 2 is 1.70 bits per heavy atom. The molecule has 0 fully saturated rings. The molecule has 0 radical (unpaired) electrons. The largest absolute Gasteiger partial charge is 0.326 e. The van der Waals surface area contributed by atoms with Crippen LogP contribution in [0.5, 0.6) is 0 Å². The Balaban J connectivity index is 0.000000225. The van der Waals surface area contributed by atoms with Gasteiger partial charge in [0.1, 0.15) is 11.5 Å². The van der Waals surface area contributed by atoms with E-state index in [2.05, 4.69) is 83.5 Å². The molecule has 0 bridgehead atoms. The first kappa shape index (κ1) is 25.9. The Bertz CT molecular complexity index is 1530. The van der Waals surface area contributed by atoms with Crippen molar-refractivity contribution < 1.29 is 0 Å². The van der Waals surface area contributed by atoms with Crippen molar-refractivity contribution in [3.63, 3.8) is 0 Å². The van der Waals surface area contributed by atoms with Crippen LogP contribution in [0.4, 0.5) is 5.69 Å². The minimum atomic E-state index is 0.491. The van der Waals surface area contributed by atoms with E-state index in [1.165, 1.54) is 16.8 Å². The fourth-order valence-corrected chi connectivity index (χ4v) is 3.93. The van der Waals surface area contributed by atoms with Crippen LogP contribution in [0, 0.1) is 20.8 Å². The monoisotopic (exact) mass is 490 g/mol. The lowest BCUT2D eigenvalue weighted by molar-refractivity contribution is 1.03. The van der Waals surface area contributed by atoms with Crippen molar-refractivity contribution in [1.82, 2.24) is 19.4 Å². The number of benzene rings is 2. The molecular weight excluding hydrogens is 456 g/mol. The van der Waals surface area contributed by atoms with Gasteiger partial charge in [-0.25, -0.2) is 15.0 Å². The number of nitrogens with two attached hydrogens (primary N) is 1. The van der Waals surface area contributed by atoms with Crippen LogP contribution in [0.15, 0.2) is 84.1 Å². The standard InChI is InChI=1S/C20H19N5.C11H15N/c1-13-3-5-16(6-4-13)19-20(17-7-9-22-14(2)23-17)25-10-8-15(12-21)11-18(25)24-19;1-4-10(3)12-11-8-6-5-7-9(11)2/h3-11H,12,21H2,1-2H3;5-8H,4H2,1-3H3. The summed E-state index contributed by atoms with van der Waals surface area (Å²) >= 11 is 0. The van der Waals surface area contributed by atoms with Gasteiger partial charge in [-0.3, -0.25) is 9.39 Å². The number of aliphatic imine (C=N–C) groups is 1. The zero-order valence-corrected chi connectivity index (χ0v) is 22.2. The molecule has 2 N–H and O–H groups in total. The number of nitrogens with zero attached hydrogens (tertiary/aromatic N) is 5. The fourth-order valence-electron chi connectivity index (χ4n) is 3.93. The van der Waals surface area contributed by atoms with Gasteiger partial charge in [0.25, 0.3) is 0 Å². The molecule has 0 aliphatic heterocycles. The average Bonchev–Trinajstić information content (AvgIpc) is 3.29. The van der Waals surface area contributed by atoms with Crippen LogP contribution in [0.2, 0.25) is 0 Å². The predicted molar refractivity (Wildman–Crippen MR) is 153 cm³/mol. The Kier molecular flexibility index (Phi) is 8.21. The molecule has 188 valence electrons. The van der Waals surface area contributed by atoms with Crippen molar-refractivity contribution in [2.45, 2.75) is 47.6 Å². The van der Waals surface area contributed by atoms with Crippen molar-refractivity contribution in [2.24, 2.45) is 10.7 Å². The summed E-state index contributed by atoms with van der Waals surface area (Å²) in [5.74, 6) is 0.737. The number of pyridine rings is 1. The van der Waals surface area contributed by atoms with E-state index in [1.54, 1.807) is 6.20 Å². The van der Waals surface area contributed by atoms with Gasteiger partial charge in [-0.15, -0.1) is 0 Å². The number of fused-ring (bicyclic) bond motifs is 1. The van der Waals surface area contributed by atoms with Gasteiger partial charge < -0.3 is 5.73 Å². The summed E-state index contributed by atoms with van der Waals surface area (Å²) in [4.78, 5) is 18.2. The highest BCUT2D eigenvalue weighted by Gasteiger charge is 2.17. The quantitative estimate of drug-likeness (QED) is 0.268. The number of imidazole rings is 1. The minimum Gasteiger partial charge on any atom is -0.326 e. The highest BCUT2D eigenvalue weighted by molar-refractivity contribution is 5.84. The number of para-hydroxylation sites is 1. The molecule has 0 amide bonds. The third kappa shape index (κ3) is 6.16. The lowest BCUT2D eigenvalue weighted by Gasteiger charge is -2.06. The minimum absolute atomic E-state index is 0.491. The summed E-state index contributed by atoms with van der Waals surface area (Å²) in [7, 11) is 0. The number of aromatic nitrogens is 4. The summed E-state index contributed by atoms with van der Waals surface area (Å²) in [6.07, 6.45) is 4.81. The molecule has 6 heteroatoms. The fraction of sp³-hybridized carbons (Fsp3) is 0.226. The van der Waals surface area contributed by atoms with Crippen molar-refractivity contribution in [2.75, 3.05) is 0 Å². The lowest BCUT2D eigenvalue weighted by Crippen LogP contribution is -1.98. The van der Waals surface area contributed by atoms with Crippen LogP contribution < -0.4 is 5.73 Å². The third-order valence-electron chi connectivity index (χ3n) is 6.21. The van der Waals surface area contributed by atoms with Gasteiger partial charge in [0, 0.05) is 30.2 Å². The topological polar surface area (TPSA) is 81.5 Å². The van der Waals surface area contributed by atoms with E-state index in [0.717, 1.165) is 51.8 Å². The Morgan fingerprint density at radius 3 is 2.38 bits per heavy atom. The normalized spacial score (nSPS) is 11.4. The third-order valence-corrected chi connectivity index (χ3v) is 6.21. The van der Waals surface area contributed by atoms with Gasteiger partial charge in [-0.2, -0.15) is 0 Å². The maximum absolute atomic E-state index is 5.79. The second-order valence-corrected chi connectivity index (χ2v) is 9.12. The summed E-state index contributed by atoms with van der Waals surface area (Å²) < 4.78 is 2.07. The molecule has 5 rings (SSSR count). The molecule has 0 saturated heterocycles. The molecule has 6 nitrogen and oxygen atoms in total. The molecule has 2 aromatic carbocycles. The van der Waals surface area contributed by atoms with Crippen molar-refractivity contribution >= 4 is 17.0 Å². The first-order chi connectivity index (χ1) is 17.9. The van der Waals surface area contributed by atoms with Crippen LogP contribution in [-0.2, 0) is 6.54 Å². The number of aryl methyl sites for hydroxylation is 3. The van der Waals surface area contributed by atoms with E-state index in [1.807, 2.05) is 43.5 Å². The molecule has 5 aromatic rings. The van der Waals surface area contributed by atoms with Crippen LogP contribution in [0.1, 0.15) is 42.8 Å². The van der Waals surface area contributed by atoms with E-state index < -0.39 is 0 Å². The van der Waals surface area contributed by atoms with Crippen molar-refractivity contribution in [3.05, 3.63) is 102 Å². The number of hydrogen-bond donors (Lipinski definition) is 1. The average molecular weight is 491 g/mol. The smallest absolute Gasteiger partial charge is 0.138 e. The van der Waals surface area contributed by atoms with E-state index >= 15 is 0 Å². The van der Waals surface area contributed by atoms with Gasteiger partial charge in [0.15, 0.2) is 0 Å². The first-order valence-electron chi connectivity index (χ1n) is 12.6. The van der Waals surface area contributed by atoms with Crippen LogP contribution >= 0.6 is 0 Å². The van der Waals surface area contributed by atoms with Crippen LogP contribution in [0.3, 0.4) is 0 Å². The van der Waals surface area contributed by atoms with E-state index in [0.29, 0.717) is 6.54 Å². The van der Waals surface area contributed by atoms with Crippen LogP contribution in [-0.4, -0.2) is 25.1 Å². The molecule has 0 saturated carbocycles. The Morgan fingerprint density at radius 1 is 0.946 bits per heavy atom. The van der Waals surface area contributed by atoms with Gasteiger partial charge in [0.05, 0.1) is 22.8 Å². The first-order valence-corrected chi connectivity index (χ1v) is 12.6. The van der Waals surface area contributed by atoms with Gasteiger partial charge in [0.2, 0.25) is 0 Å². The maximum atomic E-state index is 5.79. The van der Waals surface area contributed by atoms with Gasteiger partial charge >= 0.3 is 0 Å². The molecule has 0 atom stereocenters. The zero-order chi connectivity index (χ0) is 26.4. The molecule has 3 heterocycles. The molecular formula is C31H34N6. The van der Waals surface area contributed by atoms with E-state index in [9.17, 15) is 0 Å². The summed E-state index contributed by atoms with van der Waals surface area (Å²) in [6, 6.07) is 22.5. The Hall–Kier alpha value is -4.16. The van der Waals surface area contributed by atoms with Gasteiger partial charge in [-0.1, -0.05) is 55.0 Å².